The van der Waals surface area contributed by atoms with Gasteiger partial charge in [-0.05, 0) is 19.9 Å². The SMILES string of the molecule is COc1ccnc(CC(C)(C)C(=O)O)c1. The number of pyridine rings is 1. The van der Waals surface area contributed by atoms with Crippen LogP contribution in [0.5, 0.6) is 5.75 Å². The Morgan fingerprint density at radius 1 is 1.60 bits per heavy atom. The normalized spacial score (nSPS) is 11.1. The number of rotatable bonds is 4. The van der Waals surface area contributed by atoms with Crippen LogP contribution in [0.3, 0.4) is 0 Å². The molecule has 4 nitrogen and oxygen atoms in total. The summed E-state index contributed by atoms with van der Waals surface area (Å²) in [6.45, 7) is 3.35. The van der Waals surface area contributed by atoms with Crippen LogP contribution in [-0.2, 0) is 11.2 Å². The molecule has 0 aliphatic heterocycles. The van der Waals surface area contributed by atoms with Crippen LogP contribution in [0.1, 0.15) is 19.5 Å². The number of methoxy groups -OCH3 is 1. The van der Waals surface area contributed by atoms with Crippen molar-refractivity contribution in [2.75, 3.05) is 7.11 Å². The Kier molecular flexibility index (Phi) is 3.29. The van der Waals surface area contributed by atoms with E-state index in [1.54, 1.807) is 39.3 Å². The predicted octanol–water partition coefficient (Wildman–Crippen LogP) is 1.74. The molecule has 0 radical (unpaired) electrons. The van der Waals surface area contributed by atoms with Crippen molar-refractivity contribution >= 4 is 5.97 Å². The van der Waals surface area contributed by atoms with E-state index in [-0.39, 0.29) is 0 Å². The van der Waals surface area contributed by atoms with E-state index < -0.39 is 11.4 Å². The highest BCUT2D eigenvalue weighted by Gasteiger charge is 2.27. The molecule has 0 bridgehead atoms. The third kappa shape index (κ3) is 2.94. The number of aromatic nitrogens is 1. The molecule has 1 aromatic heterocycles. The highest BCUT2D eigenvalue weighted by molar-refractivity contribution is 5.73. The molecular formula is C11H15NO3. The number of nitrogens with zero attached hydrogens (tertiary/aromatic N) is 1. The fourth-order valence-corrected chi connectivity index (χ4v) is 1.21. The summed E-state index contributed by atoms with van der Waals surface area (Å²) in [7, 11) is 1.57. The fraction of sp³-hybridized carbons (Fsp3) is 0.455. The van der Waals surface area contributed by atoms with Crippen molar-refractivity contribution in [3.8, 4) is 5.75 Å². The Hall–Kier alpha value is -1.58. The van der Waals surface area contributed by atoms with Crippen LogP contribution in [0.4, 0.5) is 0 Å². The summed E-state index contributed by atoms with van der Waals surface area (Å²) < 4.78 is 5.04. The minimum Gasteiger partial charge on any atom is -0.497 e. The zero-order valence-corrected chi connectivity index (χ0v) is 9.15. The lowest BCUT2D eigenvalue weighted by atomic mass is 9.88. The fourth-order valence-electron chi connectivity index (χ4n) is 1.21. The molecule has 0 aliphatic rings. The average Bonchev–Trinajstić information content (AvgIpc) is 2.17. The molecule has 0 amide bonds. The molecule has 0 saturated carbocycles. The number of carboxylic acids is 1. The van der Waals surface area contributed by atoms with Gasteiger partial charge in [-0.3, -0.25) is 9.78 Å². The molecule has 0 fully saturated rings. The maximum atomic E-state index is 10.9. The van der Waals surface area contributed by atoms with Crippen LogP contribution in [0.2, 0.25) is 0 Å². The molecule has 0 aliphatic carbocycles. The van der Waals surface area contributed by atoms with Crippen molar-refractivity contribution in [3.05, 3.63) is 24.0 Å². The highest BCUT2D eigenvalue weighted by atomic mass is 16.5. The van der Waals surface area contributed by atoms with Crippen LogP contribution in [0.25, 0.3) is 0 Å². The smallest absolute Gasteiger partial charge is 0.309 e. The zero-order valence-electron chi connectivity index (χ0n) is 9.15. The summed E-state index contributed by atoms with van der Waals surface area (Å²) in [5.41, 5.74) is -0.0823. The minimum absolute atomic E-state index is 0.388. The van der Waals surface area contributed by atoms with E-state index >= 15 is 0 Å². The molecule has 1 N–H and O–H groups in total. The van der Waals surface area contributed by atoms with Gasteiger partial charge in [0.15, 0.2) is 0 Å². The number of hydrogen-bond acceptors (Lipinski definition) is 3. The Balaban J connectivity index is 2.85. The van der Waals surface area contributed by atoms with Gasteiger partial charge in [0.25, 0.3) is 0 Å². The Labute approximate surface area is 88.9 Å². The summed E-state index contributed by atoms with van der Waals surface area (Å²) in [4.78, 5) is 15.0. The molecule has 0 spiro atoms. The average molecular weight is 209 g/mol. The zero-order chi connectivity index (χ0) is 11.5. The molecule has 0 saturated heterocycles. The van der Waals surface area contributed by atoms with Crippen LogP contribution in [0, 0.1) is 5.41 Å². The number of carbonyl (C=O) groups is 1. The van der Waals surface area contributed by atoms with Crippen LogP contribution < -0.4 is 4.74 Å². The second-order valence-corrected chi connectivity index (χ2v) is 4.05. The van der Waals surface area contributed by atoms with Crippen molar-refractivity contribution < 1.29 is 14.6 Å². The molecule has 1 heterocycles. The lowest BCUT2D eigenvalue weighted by molar-refractivity contribution is -0.146. The Bertz CT molecular complexity index is 361. The first kappa shape index (κ1) is 11.5. The minimum atomic E-state index is -0.827. The lowest BCUT2D eigenvalue weighted by Gasteiger charge is -2.18. The van der Waals surface area contributed by atoms with Gasteiger partial charge in [-0.25, -0.2) is 0 Å². The molecule has 1 rings (SSSR count). The summed E-state index contributed by atoms with van der Waals surface area (Å²) >= 11 is 0. The van der Waals surface area contributed by atoms with Gasteiger partial charge in [-0.2, -0.15) is 0 Å². The first-order chi connectivity index (χ1) is 6.95. The third-order valence-corrected chi connectivity index (χ3v) is 2.23. The van der Waals surface area contributed by atoms with Gasteiger partial charge >= 0.3 is 5.97 Å². The molecule has 0 atom stereocenters. The van der Waals surface area contributed by atoms with Crippen molar-refractivity contribution in [1.82, 2.24) is 4.98 Å². The number of hydrogen-bond donors (Lipinski definition) is 1. The lowest BCUT2D eigenvalue weighted by Crippen LogP contribution is -2.26. The summed E-state index contributed by atoms with van der Waals surface area (Å²) in [6.07, 6.45) is 2.01. The van der Waals surface area contributed by atoms with Gasteiger partial charge in [0, 0.05) is 24.4 Å². The van der Waals surface area contributed by atoms with Crippen molar-refractivity contribution in [1.29, 1.82) is 0 Å². The van der Waals surface area contributed by atoms with Crippen LogP contribution in [-0.4, -0.2) is 23.2 Å². The van der Waals surface area contributed by atoms with Crippen molar-refractivity contribution in [2.45, 2.75) is 20.3 Å². The summed E-state index contributed by atoms with van der Waals surface area (Å²) in [5.74, 6) is -0.131. The second kappa shape index (κ2) is 4.29. The maximum absolute atomic E-state index is 10.9. The number of carboxylic acid groups (broad SMARTS) is 1. The van der Waals surface area contributed by atoms with E-state index in [2.05, 4.69) is 4.98 Å². The van der Waals surface area contributed by atoms with Gasteiger partial charge < -0.3 is 9.84 Å². The van der Waals surface area contributed by atoms with Gasteiger partial charge in [-0.15, -0.1) is 0 Å². The van der Waals surface area contributed by atoms with E-state index in [1.807, 2.05) is 0 Å². The number of aliphatic carboxylic acids is 1. The second-order valence-electron chi connectivity index (χ2n) is 4.05. The number of ether oxygens (including phenoxy) is 1. The van der Waals surface area contributed by atoms with E-state index in [1.165, 1.54) is 0 Å². The molecule has 82 valence electrons. The van der Waals surface area contributed by atoms with Crippen molar-refractivity contribution in [3.63, 3.8) is 0 Å². The summed E-state index contributed by atoms with van der Waals surface area (Å²) in [5, 5.41) is 8.97. The van der Waals surface area contributed by atoms with E-state index in [9.17, 15) is 4.79 Å². The molecule has 15 heavy (non-hydrogen) atoms. The summed E-state index contributed by atoms with van der Waals surface area (Å²) in [6, 6.07) is 3.49. The monoisotopic (exact) mass is 209 g/mol. The van der Waals surface area contributed by atoms with Crippen LogP contribution >= 0.6 is 0 Å². The van der Waals surface area contributed by atoms with Crippen LogP contribution in [0.15, 0.2) is 18.3 Å². The van der Waals surface area contributed by atoms with E-state index in [4.69, 9.17) is 9.84 Å². The third-order valence-electron chi connectivity index (χ3n) is 2.23. The van der Waals surface area contributed by atoms with Gasteiger partial charge in [-0.1, -0.05) is 0 Å². The highest BCUT2D eigenvalue weighted by Crippen LogP contribution is 2.22. The maximum Gasteiger partial charge on any atom is 0.309 e. The molecule has 1 aromatic rings. The predicted molar refractivity (Wildman–Crippen MR) is 55.9 cm³/mol. The topological polar surface area (TPSA) is 59.4 Å². The first-order valence-corrected chi connectivity index (χ1v) is 4.68. The first-order valence-electron chi connectivity index (χ1n) is 4.68. The van der Waals surface area contributed by atoms with E-state index in [0.717, 1.165) is 5.69 Å². The standard InChI is InChI=1S/C11H15NO3/c1-11(2,10(13)14)7-8-6-9(15-3)4-5-12-8/h4-6H,7H2,1-3H3,(H,13,14). The Morgan fingerprint density at radius 3 is 2.80 bits per heavy atom. The van der Waals surface area contributed by atoms with Crippen molar-refractivity contribution in [2.24, 2.45) is 5.41 Å². The molecule has 0 unspecified atom stereocenters. The van der Waals surface area contributed by atoms with Gasteiger partial charge in [0.05, 0.1) is 12.5 Å². The molecule has 0 aromatic carbocycles. The quantitative estimate of drug-likeness (QED) is 0.820. The van der Waals surface area contributed by atoms with Gasteiger partial charge in [0.2, 0.25) is 0 Å². The molecular weight excluding hydrogens is 194 g/mol. The van der Waals surface area contributed by atoms with Gasteiger partial charge in [0.1, 0.15) is 5.75 Å². The molecule has 4 heteroatoms. The largest absolute Gasteiger partial charge is 0.497 e. The Morgan fingerprint density at radius 2 is 2.27 bits per heavy atom. The van der Waals surface area contributed by atoms with E-state index in [0.29, 0.717) is 12.2 Å².